The van der Waals surface area contributed by atoms with Gasteiger partial charge in [-0.1, -0.05) is 6.07 Å². The highest BCUT2D eigenvalue weighted by atomic mass is 15.3. The molecule has 0 unspecified atom stereocenters. The number of rotatable bonds is 7. The molecule has 1 aromatic heterocycles. The second kappa shape index (κ2) is 8.32. The Balaban J connectivity index is 1.72. The lowest BCUT2D eigenvalue weighted by atomic mass is 10.2. The Morgan fingerprint density at radius 3 is 2.43 bits per heavy atom. The standard InChI is InChI=1S/C16H29N5/c1-4-17-16-6-5-15(13-18-16)14-21-11-9-20(10-12-21)8-7-19(2)3/h5-6,13H,4,7-12,14H2,1-3H3,(H,17,18). The highest BCUT2D eigenvalue weighted by molar-refractivity contribution is 5.35. The van der Waals surface area contributed by atoms with Crippen molar-refractivity contribution in [2.45, 2.75) is 13.5 Å². The first-order valence-electron chi connectivity index (χ1n) is 7.95. The maximum Gasteiger partial charge on any atom is 0.125 e. The van der Waals surface area contributed by atoms with E-state index < -0.39 is 0 Å². The molecule has 5 nitrogen and oxygen atoms in total. The van der Waals surface area contributed by atoms with Gasteiger partial charge < -0.3 is 10.2 Å². The normalized spacial score (nSPS) is 17.3. The quantitative estimate of drug-likeness (QED) is 0.816. The first-order valence-corrected chi connectivity index (χ1v) is 7.95. The summed E-state index contributed by atoms with van der Waals surface area (Å²) >= 11 is 0. The minimum absolute atomic E-state index is 0.918. The average Bonchev–Trinajstić information content (AvgIpc) is 2.49. The average molecular weight is 291 g/mol. The first-order chi connectivity index (χ1) is 10.2. The van der Waals surface area contributed by atoms with Crippen LogP contribution in [0.1, 0.15) is 12.5 Å². The van der Waals surface area contributed by atoms with Gasteiger partial charge in [0.1, 0.15) is 5.82 Å². The summed E-state index contributed by atoms with van der Waals surface area (Å²) in [6, 6.07) is 4.26. The molecule has 0 aromatic carbocycles. The molecule has 1 aromatic rings. The van der Waals surface area contributed by atoms with E-state index in [0.29, 0.717) is 0 Å². The molecule has 0 radical (unpaired) electrons. The van der Waals surface area contributed by atoms with E-state index in [1.165, 1.54) is 25.2 Å². The highest BCUT2D eigenvalue weighted by Gasteiger charge is 2.16. The van der Waals surface area contributed by atoms with Crippen LogP contribution in [-0.2, 0) is 6.54 Å². The van der Waals surface area contributed by atoms with Gasteiger partial charge in [-0.05, 0) is 32.6 Å². The Bertz CT molecular complexity index is 396. The Morgan fingerprint density at radius 1 is 1.14 bits per heavy atom. The van der Waals surface area contributed by atoms with Crippen LogP contribution >= 0.6 is 0 Å². The van der Waals surface area contributed by atoms with E-state index in [4.69, 9.17) is 0 Å². The van der Waals surface area contributed by atoms with Crippen molar-refractivity contribution < 1.29 is 0 Å². The van der Waals surface area contributed by atoms with Gasteiger partial charge in [0.05, 0.1) is 0 Å². The maximum absolute atomic E-state index is 4.44. The number of piperazine rings is 1. The molecule has 1 saturated heterocycles. The molecule has 1 fully saturated rings. The summed E-state index contributed by atoms with van der Waals surface area (Å²) in [6.07, 6.45) is 2.00. The van der Waals surface area contributed by atoms with Crippen LogP contribution in [-0.4, -0.2) is 79.6 Å². The van der Waals surface area contributed by atoms with Gasteiger partial charge in [-0.25, -0.2) is 4.98 Å². The van der Waals surface area contributed by atoms with Crippen LogP contribution in [0, 0.1) is 0 Å². The van der Waals surface area contributed by atoms with Crippen LogP contribution < -0.4 is 5.32 Å². The molecule has 0 bridgehead atoms. The molecular formula is C16H29N5. The summed E-state index contributed by atoms with van der Waals surface area (Å²) < 4.78 is 0. The fourth-order valence-electron chi connectivity index (χ4n) is 2.57. The van der Waals surface area contributed by atoms with Crippen LogP contribution in [0.5, 0.6) is 0 Å². The first kappa shape index (κ1) is 16.2. The van der Waals surface area contributed by atoms with Gasteiger partial charge in [0, 0.05) is 58.6 Å². The Kier molecular flexibility index (Phi) is 6.42. The van der Waals surface area contributed by atoms with Gasteiger partial charge in [0.2, 0.25) is 0 Å². The zero-order valence-electron chi connectivity index (χ0n) is 13.7. The fourth-order valence-corrected chi connectivity index (χ4v) is 2.57. The van der Waals surface area contributed by atoms with Gasteiger partial charge in [-0.3, -0.25) is 9.80 Å². The van der Waals surface area contributed by atoms with Crippen molar-refractivity contribution in [3.05, 3.63) is 23.9 Å². The smallest absolute Gasteiger partial charge is 0.125 e. The molecule has 1 N–H and O–H groups in total. The Labute approximate surface area is 128 Å². The monoisotopic (exact) mass is 291 g/mol. The lowest BCUT2D eigenvalue weighted by Crippen LogP contribution is -2.47. The van der Waals surface area contributed by atoms with E-state index in [2.05, 4.69) is 58.2 Å². The third kappa shape index (κ3) is 5.61. The molecule has 0 aliphatic carbocycles. The largest absolute Gasteiger partial charge is 0.370 e. The van der Waals surface area contributed by atoms with E-state index in [1.807, 2.05) is 6.20 Å². The van der Waals surface area contributed by atoms with Crippen molar-refractivity contribution in [3.63, 3.8) is 0 Å². The molecule has 1 aliphatic heterocycles. The van der Waals surface area contributed by atoms with Crippen molar-refractivity contribution in [2.24, 2.45) is 0 Å². The molecule has 5 heteroatoms. The molecule has 118 valence electrons. The predicted octanol–water partition coefficient (Wildman–Crippen LogP) is 1.19. The van der Waals surface area contributed by atoms with Crippen molar-refractivity contribution >= 4 is 5.82 Å². The lowest BCUT2D eigenvalue weighted by Gasteiger charge is -2.35. The number of pyridine rings is 1. The van der Waals surface area contributed by atoms with Gasteiger partial charge in [-0.2, -0.15) is 0 Å². The second-order valence-electron chi connectivity index (χ2n) is 6.00. The van der Waals surface area contributed by atoms with Crippen molar-refractivity contribution in [1.82, 2.24) is 19.7 Å². The van der Waals surface area contributed by atoms with E-state index in [-0.39, 0.29) is 0 Å². The molecule has 21 heavy (non-hydrogen) atoms. The Hall–Kier alpha value is -1.17. The second-order valence-corrected chi connectivity index (χ2v) is 6.00. The molecule has 0 saturated carbocycles. The van der Waals surface area contributed by atoms with E-state index in [1.54, 1.807) is 0 Å². The van der Waals surface area contributed by atoms with Crippen LogP contribution in [0.3, 0.4) is 0 Å². The molecular weight excluding hydrogens is 262 g/mol. The number of nitrogens with one attached hydrogen (secondary N) is 1. The van der Waals surface area contributed by atoms with Crippen LogP contribution in [0.4, 0.5) is 5.82 Å². The highest BCUT2D eigenvalue weighted by Crippen LogP contribution is 2.10. The molecule has 0 spiro atoms. The van der Waals surface area contributed by atoms with Crippen molar-refractivity contribution in [2.75, 3.05) is 65.2 Å². The number of likely N-dealkylation sites (N-methyl/N-ethyl adjacent to an activating group) is 1. The summed E-state index contributed by atoms with van der Waals surface area (Å²) in [5.74, 6) is 0.967. The van der Waals surface area contributed by atoms with Gasteiger partial charge in [-0.15, -0.1) is 0 Å². The fraction of sp³-hybridized carbons (Fsp3) is 0.688. The molecule has 1 aliphatic rings. The summed E-state index contributed by atoms with van der Waals surface area (Å²) in [7, 11) is 4.28. The minimum atomic E-state index is 0.918. The summed E-state index contributed by atoms with van der Waals surface area (Å²) in [6.45, 7) is 11.0. The van der Waals surface area contributed by atoms with E-state index in [9.17, 15) is 0 Å². The zero-order valence-corrected chi connectivity index (χ0v) is 13.7. The number of anilines is 1. The van der Waals surface area contributed by atoms with Crippen LogP contribution in [0.2, 0.25) is 0 Å². The molecule has 0 atom stereocenters. The van der Waals surface area contributed by atoms with E-state index in [0.717, 1.165) is 38.5 Å². The third-order valence-electron chi connectivity index (χ3n) is 3.92. The predicted molar refractivity (Wildman–Crippen MR) is 88.7 cm³/mol. The number of aromatic nitrogens is 1. The zero-order chi connectivity index (χ0) is 15.1. The molecule has 2 rings (SSSR count). The van der Waals surface area contributed by atoms with Crippen LogP contribution in [0.15, 0.2) is 18.3 Å². The molecule has 2 heterocycles. The summed E-state index contributed by atoms with van der Waals surface area (Å²) in [5.41, 5.74) is 1.30. The third-order valence-corrected chi connectivity index (χ3v) is 3.92. The van der Waals surface area contributed by atoms with Gasteiger partial charge >= 0.3 is 0 Å². The SMILES string of the molecule is CCNc1ccc(CN2CCN(CCN(C)C)CC2)cn1. The number of nitrogens with zero attached hydrogens (tertiary/aromatic N) is 4. The lowest BCUT2D eigenvalue weighted by molar-refractivity contribution is 0.120. The summed E-state index contributed by atoms with van der Waals surface area (Å²) in [5, 5.41) is 3.23. The van der Waals surface area contributed by atoms with Gasteiger partial charge in [0.25, 0.3) is 0 Å². The van der Waals surface area contributed by atoms with E-state index >= 15 is 0 Å². The van der Waals surface area contributed by atoms with Gasteiger partial charge in [0.15, 0.2) is 0 Å². The minimum Gasteiger partial charge on any atom is -0.370 e. The van der Waals surface area contributed by atoms with Crippen LogP contribution in [0.25, 0.3) is 0 Å². The van der Waals surface area contributed by atoms with Crippen molar-refractivity contribution in [3.8, 4) is 0 Å². The number of hydrogen-bond acceptors (Lipinski definition) is 5. The van der Waals surface area contributed by atoms with Crippen molar-refractivity contribution in [1.29, 1.82) is 0 Å². The topological polar surface area (TPSA) is 34.6 Å². The number of hydrogen-bond donors (Lipinski definition) is 1. The molecule has 0 amide bonds. The maximum atomic E-state index is 4.44. The summed E-state index contributed by atoms with van der Waals surface area (Å²) in [4.78, 5) is 11.8. The Morgan fingerprint density at radius 2 is 1.86 bits per heavy atom.